The van der Waals surface area contributed by atoms with Crippen molar-refractivity contribution >= 4 is 5.91 Å². The number of piperazine rings is 1. The molecule has 0 saturated carbocycles. The van der Waals surface area contributed by atoms with Crippen LogP contribution in [0.25, 0.3) is 0 Å². The molecule has 0 N–H and O–H groups in total. The Kier molecular flexibility index (Phi) is 4.88. The van der Waals surface area contributed by atoms with Crippen molar-refractivity contribution in [1.82, 2.24) is 9.80 Å². The third-order valence-corrected chi connectivity index (χ3v) is 4.50. The first-order chi connectivity index (χ1) is 10.7. The lowest BCUT2D eigenvalue weighted by Crippen LogP contribution is -2.50. The fraction of sp³-hybridized carbons (Fsp3) is 0.500. The van der Waals surface area contributed by atoms with Gasteiger partial charge in [-0.15, -0.1) is 0 Å². The van der Waals surface area contributed by atoms with Crippen LogP contribution in [0.5, 0.6) is 0 Å². The highest BCUT2D eigenvalue weighted by Crippen LogP contribution is 2.19. The third kappa shape index (κ3) is 3.95. The van der Waals surface area contributed by atoms with Crippen LogP contribution in [0.2, 0.25) is 0 Å². The zero-order chi connectivity index (χ0) is 15.4. The Labute approximate surface area is 131 Å². The molecule has 118 valence electrons. The van der Waals surface area contributed by atoms with Crippen LogP contribution in [0.1, 0.15) is 31.2 Å². The van der Waals surface area contributed by atoms with Gasteiger partial charge in [0.15, 0.2) is 0 Å². The number of amides is 1. The lowest BCUT2D eigenvalue weighted by molar-refractivity contribution is -0.136. The van der Waals surface area contributed by atoms with Gasteiger partial charge in [-0.05, 0) is 43.4 Å². The molecular weight excluding hydrogens is 279 g/mol. The van der Waals surface area contributed by atoms with E-state index in [-0.39, 0.29) is 11.7 Å². The Morgan fingerprint density at radius 1 is 1.05 bits per heavy atom. The van der Waals surface area contributed by atoms with E-state index in [4.69, 9.17) is 0 Å². The molecule has 0 radical (unpaired) electrons. The number of carbonyl (C=O) groups is 1. The average molecular weight is 302 g/mol. The molecule has 1 aromatic carbocycles. The minimum absolute atomic E-state index is 0.173. The van der Waals surface area contributed by atoms with Crippen molar-refractivity contribution in [2.75, 3.05) is 26.2 Å². The van der Waals surface area contributed by atoms with E-state index in [2.05, 4.69) is 11.0 Å². The maximum Gasteiger partial charge on any atom is 0.237 e. The second-order valence-corrected chi connectivity index (χ2v) is 6.26. The molecule has 3 rings (SSSR count). The van der Waals surface area contributed by atoms with Crippen molar-refractivity contribution in [2.24, 2.45) is 0 Å². The van der Waals surface area contributed by atoms with Crippen LogP contribution in [-0.4, -0.2) is 41.9 Å². The van der Waals surface area contributed by atoms with E-state index in [0.717, 1.165) is 25.2 Å². The first kappa shape index (κ1) is 15.2. The van der Waals surface area contributed by atoms with E-state index in [0.29, 0.717) is 13.1 Å². The monoisotopic (exact) mass is 302 g/mol. The molecule has 1 heterocycles. The fourth-order valence-corrected chi connectivity index (χ4v) is 3.21. The maximum atomic E-state index is 12.9. The SMILES string of the molecule is O=C1CN(CC2=CCCCC2)CCN1Cc1ccc(F)cc1. The van der Waals surface area contributed by atoms with E-state index < -0.39 is 0 Å². The van der Waals surface area contributed by atoms with Crippen LogP contribution in [0.15, 0.2) is 35.9 Å². The molecule has 0 aromatic heterocycles. The van der Waals surface area contributed by atoms with Gasteiger partial charge < -0.3 is 4.90 Å². The van der Waals surface area contributed by atoms with Crippen molar-refractivity contribution in [1.29, 1.82) is 0 Å². The lowest BCUT2D eigenvalue weighted by atomic mass is 9.99. The minimum atomic E-state index is -0.236. The lowest BCUT2D eigenvalue weighted by Gasteiger charge is -2.35. The number of nitrogens with zero attached hydrogens (tertiary/aromatic N) is 2. The van der Waals surface area contributed by atoms with Gasteiger partial charge in [0.2, 0.25) is 5.91 Å². The highest BCUT2D eigenvalue weighted by Gasteiger charge is 2.24. The van der Waals surface area contributed by atoms with Gasteiger partial charge in [0.1, 0.15) is 5.82 Å². The summed E-state index contributed by atoms with van der Waals surface area (Å²) in [6.45, 7) is 3.69. The Morgan fingerprint density at radius 3 is 2.55 bits per heavy atom. The zero-order valence-corrected chi connectivity index (χ0v) is 12.9. The second-order valence-electron chi connectivity index (χ2n) is 6.26. The minimum Gasteiger partial charge on any atom is -0.336 e. The van der Waals surface area contributed by atoms with Gasteiger partial charge in [-0.25, -0.2) is 4.39 Å². The first-order valence-electron chi connectivity index (χ1n) is 8.13. The molecule has 1 saturated heterocycles. The van der Waals surface area contributed by atoms with E-state index >= 15 is 0 Å². The number of carbonyl (C=O) groups excluding carboxylic acids is 1. The van der Waals surface area contributed by atoms with Crippen molar-refractivity contribution in [2.45, 2.75) is 32.2 Å². The Hall–Kier alpha value is -1.68. The molecule has 1 aromatic rings. The van der Waals surface area contributed by atoms with Crippen molar-refractivity contribution in [3.63, 3.8) is 0 Å². The van der Waals surface area contributed by atoms with Gasteiger partial charge >= 0.3 is 0 Å². The number of allylic oxidation sites excluding steroid dienone is 1. The molecule has 0 spiro atoms. The second kappa shape index (κ2) is 7.05. The molecule has 4 heteroatoms. The fourth-order valence-electron chi connectivity index (χ4n) is 3.21. The predicted octanol–water partition coefficient (Wildman–Crippen LogP) is 2.97. The van der Waals surface area contributed by atoms with Crippen LogP contribution in [0.4, 0.5) is 4.39 Å². The molecule has 1 aliphatic carbocycles. The molecule has 0 bridgehead atoms. The predicted molar refractivity (Wildman–Crippen MR) is 84.8 cm³/mol. The number of halogens is 1. The molecule has 22 heavy (non-hydrogen) atoms. The van der Waals surface area contributed by atoms with Crippen molar-refractivity contribution < 1.29 is 9.18 Å². The van der Waals surface area contributed by atoms with E-state index in [9.17, 15) is 9.18 Å². The quantitative estimate of drug-likeness (QED) is 0.798. The summed E-state index contributed by atoms with van der Waals surface area (Å²) < 4.78 is 12.9. The summed E-state index contributed by atoms with van der Waals surface area (Å²) in [5.74, 6) is -0.0624. The Balaban J connectivity index is 1.52. The number of rotatable bonds is 4. The standard InChI is InChI=1S/C18H23FN2O/c19-17-8-6-16(7-9-17)13-21-11-10-20(14-18(21)22)12-15-4-2-1-3-5-15/h4,6-9H,1-3,5,10-14H2. The van der Waals surface area contributed by atoms with Crippen molar-refractivity contribution in [3.05, 3.63) is 47.3 Å². The molecule has 2 aliphatic rings. The van der Waals surface area contributed by atoms with Gasteiger partial charge in [-0.3, -0.25) is 9.69 Å². The van der Waals surface area contributed by atoms with Crippen molar-refractivity contribution in [3.8, 4) is 0 Å². The molecular formula is C18H23FN2O. The van der Waals surface area contributed by atoms with Gasteiger partial charge in [0.25, 0.3) is 0 Å². The number of hydrogen-bond donors (Lipinski definition) is 0. The Bertz CT molecular complexity index is 553. The zero-order valence-electron chi connectivity index (χ0n) is 12.9. The normalized spacial score (nSPS) is 20.1. The van der Waals surface area contributed by atoms with Crippen LogP contribution < -0.4 is 0 Å². The molecule has 0 atom stereocenters. The molecule has 1 fully saturated rings. The van der Waals surface area contributed by atoms with Crippen LogP contribution in [-0.2, 0) is 11.3 Å². The topological polar surface area (TPSA) is 23.6 Å². The summed E-state index contributed by atoms with van der Waals surface area (Å²) in [7, 11) is 0. The summed E-state index contributed by atoms with van der Waals surface area (Å²) in [4.78, 5) is 16.4. The number of hydrogen-bond acceptors (Lipinski definition) is 2. The number of benzene rings is 1. The van der Waals surface area contributed by atoms with Gasteiger partial charge in [0.05, 0.1) is 6.54 Å². The molecule has 1 amide bonds. The van der Waals surface area contributed by atoms with Crippen LogP contribution >= 0.6 is 0 Å². The average Bonchev–Trinajstić information content (AvgIpc) is 2.53. The first-order valence-corrected chi connectivity index (χ1v) is 8.13. The smallest absolute Gasteiger partial charge is 0.237 e. The summed E-state index contributed by atoms with van der Waals surface area (Å²) in [5.41, 5.74) is 2.48. The molecule has 3 nitrogen and oxygen atoms in total. The molecule has 1 aliphatic heterocycles. The highest BCUT2D eigenvalue weighted by molar-refractivity contribution is 5.79. The summed E-state index contributed by atoms with van der Waals surface area (Å²) >= 11 is 0. The van der Waals surface area contributed by atoms with Gasteiger partial charge in [-0.1, -0.05) is 23.8 Å². The summed E-state index contributed by atoms with van der Waals surface area (Å²) in [6.07, 6.45) is 7.30. The van der Waals surface area contributed by atoms with Crippen LogP contribution in [0.3, 0.4) is 0 Å². The maximum absolute atomic E-state index is 12.9. The van der Waals surface area contributed by atoms with Gasteiger partial charge in [0, 0.05) is 26.2 Å². The molecule has 0 unspecified atom stereocenters. The summed E-state index contributed by atoms with van der Waals surface area (Å²) in [5, 5.41) is 0. The van der Waals surface area contributed by atoms with Gasteiger partial charge in [-0.2, -0.15) is 0 Å². The summed E-state index contributed by atoms with van der Waals surface area (Å²) in [6, 6.07) is 6.40. The Morgan fingerprint density at radius 2 is 1.86 bits per heavy atom. The van der Waals surface area contributed by atoms with E-state index in [1.807, 2.05) is 4.90 Å². The van der Waals surface area contributed by atoms with Crippen LogP contribution in [0, 0.1) is 5.82 Å². The third-order valence-electron chi connectivity index (χ3n) is 4.50. The largest absolute Gasteiger partial charge is 0.336 e. The van der Waals surface area contributed by atoms with E-state index in [1.54, 1.807) is 12.1 Å². The van der Waals surface area contributed by atoms with E-state index in [1.165, 1.54) is 43.4 Å². The highest BCUT2D eigenvalue weighted by atomic mass is 19.1.